The summed E-state index contributed by atoms with van der Waals surface area (Å²) in [6, 6.07) is 8.97. The van der Waals surface area contributed by atoms with E-state index in [9.17, 15) is 4.79 Å². The van der Waals surface area contributed by atoms with E-state index >= 15 is 0 Å². The van der Waals surface area contributed by atoms with Gasteiger partial charge < -0.3 is 5.53 Å². The van der Waals surface area contributed by atoms with E-state index in [1.807, 2.05) is 13.0 Å². The summed E-state index contributed by atoms with van der Waals surface area (Å²) in [5.41, 5.74) is 9.55. The molecule has 0 unspecified atom stereocenters. The van der Waals surface area contributed by atoms with Gasteiger partial charge in [-0.2, -0.15) is 4.79 Å². The minimum absolute atomic E-state index is 0.124. The van der Waals surface area contributed by atoms with Crippen molar-refractivity contribution in [2.75, 3.05) is 0 Å². The van der Waals surface area contributed by atoms with Crippen LogP contribution in [0.4, 0.5) is 0 Å². The molecular formula is C11H12N2O. The molecule has 0 fully saturated rings. The second-order valence-electron chi connectivity index (χ2n) is 2.99. The molecule has 0 bridgehead atoms. The van der Waals surface area contributed by atoms with Gasteiger partial charge in [0.25, 0.3) is 0 Å². The summed E-state index contributed by atoms with van der Waals surface area (Å²) in [5, 5.41) is 0. The molecule has 0 N–H and O–H groups in total. The maximum atomic E-state index is 11.5. The quantitative estimate of drug-likeness (QED) is 0.405. The van der Waals surface area contributed by atoms with E-state index in [0.29, 0.717) is 12.0 Å². The third kappa shape index (κ3) is 2.38. The van der Waals surface area contributed by atoms with E-state index in [1.54, 1.807) is 24.3 Å². The Bertz CT molecular complexity index is 364. The molecule has 3 nitrogen and oxygen atoms in total. The van der Waals surface area contributed by atoms with Crippen LogP contribution in [0.15, 0.2) is 30.3 Å². The van der Waals surface area contributed by atoms with Crippen molar-refractivity contribution in [1.82, 2.24) is 0 Å². The molecule has 0 spiro atoms. The van der Waals surface area contributed by atoms with Crippen molar-refractivity contribution < 1.29 is 9.58 Å². The molecule has 3 heteroatoms. The summed E-state index contributed by atoms with van der Waals surface area (Å²) in [6.45, 7) is 1.91. The van der Waals surface area contributed by atoms with Crippen LogP contribution in [-0.4, -0.2) is 16.3 Å². The number of ketones is 1. The summed E-state index contributed by atoms with van der Waals surface area (Å²) in [7, 11) is 0. The molecule has 0 amide bonds. The Morgan fingerprint density at radius 2 is 2.00 bits per heavy atom. The second-order valence-corrected chi connectivity index (χ2v) is 2.99. The third-order valence-corrected chi connectivity index (χ3v) is 1.89. The van der Waals surface area contributed by atoms with Gasteiger partial charge in [-0.1, -0.05) is 25.1 Å². The lowest BCUT2D eigenvalue weighted by Gasteiger charge is -1.93. The molecule has 0 saturated heterocycles. The first-order valence-electron chi connectivity index (χ1n) is 4.60. The average Bonchev–Trinajstić information content (AvgIpc) is 2.21. The van der Waals surface area contributed by atoms with Crippen molar-refractivity contribution >= 4 is 11.5 Å². The van der Waals surface area contributed by atoms with Gasteiger partial charge in [-0.3, -0.25) is 4.79 Å². The van der Waals surface area contributed by atoms with Gasteiger partial charge in [0.2, 0.25) is 5.78 Å². The standard InChI is InChI=1S/C11H12N2O/c1-2-6-10(14)11(13-12)9-7-4-3-5-8-9/h3-5,7-8H,2,6H2,1H3. The predicted octanol–water partition coefficient (Wildman–Crippen LogP) is 2.07. The molecule has 14 heavy (non-hydrogen) atoms. The lowest BCUT2D eigenvalue weighted by atomic mass is 10.0. The number of Topliss-reactive ketones (excluding diaryl/α,β-unsaturated/α-hetero) is 1. The number of carbonyl (C=O) groups excluding carboxylic acids is 1. The Hall–Kier alpha value is -1.73. The summed E-state index contributed by atoms with van der Waals surface area (Å²) in [6.07, 6.45) is 1.17. The molecule has 1 aromatic carbocycles. The first-order valence-corrected chi connectivity index (χ1v) is 4.60. The van der Waals surface area contributed by atoms with Crippen molar-refractivity contribution in [3.05, 3.63) is 41.4 Å². The summed E-state index contributed by atoms with van der Waals surface area (Å²) < 4.78 is 0. The minimum Gasteiger partial charge on any atom is -0.361 e. The average molecular weight is 188 g/mol. The summed E-state index contributed by atoms with van der Waals surface area (Å²) in [4.78, 5) is 14.5. The molecule has 0 atom stereocenters. The lowest BCUT2D eigenvalue weighted by molar-refractivity contribution is -0.117. The number of carbonyl (C=O) groups is 1. The van der Waals surface area contributed by atoms with Crippen LogP contribution in [0.1, 0.15) is 25.3 Å². The first kappa shape index (κ1) is 10.4. The predicted molar refractivity (Wildman–Crippen MR) is 54.1 cm³/mol. The molecule has 0 aliphatic heterocycles. The Labute approximate surface area is 83.0 Å². The fourth-order valence-corrected chi connectivity index (χ4v) is 1.22. The lowest BCUT2D eigenvalue weighted by Crippen LogP contribution is -2.15. The van der Waals surface area contributed by atoms with Crippen molar-refractivity contribution in [3.8, 4) is 0 Å². The minimum atomic E-state index is -0.124. The van der Waals surface area contributed by atoms with Crippen LogP contribution >= 0.6 is 0 Å². The van der Waals surface area contributed by atoms with E-state index < -0.39 is 0 Å². The molecule has 0 aliphatic carbocycles. The fraction of sp³-hybridized carbons (Fsp3) is 0.273. The van der Waals surface area contributed by atoms with Gasteiger partial charge in [0.05, 0.1) is 5.56 Å². The topological polar surface area (TPSA) is 53.5 Å². The van der Waals surface area contributed by atoms with Crippen molar-refractivity contribution in [2.24, 2.45) is 0 Å². The maximum Gasteiger partial charge on any atom is 0.364 e. The highest BCUT2D eigenvalue weighted by molar-refractivity contribution is 6.43. The fourth-order valence-electron chi connectivity index (χ4n) is 1.22. The molecule has 0 aromatic heterocycles. The molecule has 0 heterocycles. The molecule has 0 radical (unpaired) electrons. The zero-order chi connectivity index (χ0) is 10.4. The Morgan fingerprint density at radius 3 is 2.50 bits per heavy atom. The van der Waals surface area contributed by atoms with Crippen molar-refractivity contribution in [3.63, 3.8) is 0 Å². The van der Waals surface area contributed by atoms with Crippen LogP contribution < -0.4 is 0 Å². The van der Waals surface area contributed by atoms with Crippen molar-refractivity contribution in [2.45, 2.75) is 19.8 Å². The first-order chi connectivity index (χ1) is 6.79. The van der Waals surface area contributed by atoms with Crippen LogP contribution in [-0.2, 0) is 4.79 Å². The monoisotopic (exact) mass is 188 g/mol. The van der Waals surface area contributed by atoms with E-state index in [0.717, 1.165) is 6.42 Å². The summed E-state index contributed by atoms with van der Waals surface area (Å²) in [5.74, 6) is -0.124. The van der Waals surface area contributed by atoms with Gasteiger partial charge in [0.15, 0.2) is 0 Å². The third-order valence-electron chi connectivity index (χ3n) is 1.89. The van der Waals surface area contributed by atoms with E-state index in [2.05, 4.69) is 4.79 Å². The number of benzene rings is 1. The molecule has 1 rings (SSSR count). The van der Waals surface area contributed by atoms with E-state index in [-0.39, 0.29) is 11.5 Å². The Morgan fingerprint density at radius 1 is 1.36 bits per heavy atom. The van der Waals surface area contributed by atoms with Gasteiger partial charge in [0, 0.05) is 6.42 Å². The number of rotatable bonds is 4. The number of nitrogens with zero attached hydrogens (tertiary/aromatic N) is 2. The molecule has 1 aromatic rings. The molecule has 0 saturated carbocycles. The van der Waals surface area contributed by atoms with Gasteiger partial charge in [0.1, 0.15) is 0 Å². The SMILES string of the molecule is CCCC(=O)C(=[N+]=[N-])c1ccccc1. The van der Waals surface area contributed by atoms with Crippen LogP contribution in [0.3, 0.4) is 0 Å². The highest BCUT2D eigenvalue weighted by Gasteiger charge is 2.20. The van der Waals surface area contributed by atoms with Crippen LogP contribution in [0, 0.1) is 0 Å². The summed E-state index contributed by atoms with van der Waals surface area (Å²) >= 11 is 0. The highest BCUT2D eigenvalue weighted by Crippen LogP contribution is 2.02. The second kappa shape index (κ2) is 5.10. The highest BCUT2D eigenvalue weighted by atomic mass is 16.1. The van der Waals surface area contributed by atoms with Crippen molar-refractivity contribution in [1.29, 1.82) is 0 Å². The van der Waals surface area contributed by atoms with Gasteiger partial charge in [-0.15, -0.1) is 0 Å². The van der Waals surface area contributed by atoms with Gasteiger partial charge >= 0.3 is 5.71 Å². The zero-order valence-corrected chi connectivity index (χ0v) is 8.10. The van der Waals surface area contributed by atoms with Crippen LogP contribution in [0.25, 0.3) is 5.53 Å². The molecular weight excluding hydrogens is 176 g/mol. The van der Waals surface area contributed by atoms with E-state index in [1.165, 1.54) is 0 Å². The molecule has 0 aliphatic rings. The van der Waals surface area contributed by atoms with Crippen LogP contribution in [0.5, 0.6) is 0 Å². The molecule has 72 valence electrons. The van der Waals surface area contributed by atoms with E-state index in [4.69, 9.17) is 5.53 Å². The number of hydrogen-bond donors (Lipinski definition) is 0. The maximum absolute atomic E-state index is 11.5. The Balaban J connectivity index is 2.96. The smallest absolute Gasteiger partial charge is 0.361 e. The number of hydrogen-bond acceptors (Lipinski definition) is 1. The van der Waals surface area contributed by atoms with Gasteiger partial charge in [-0.05, 0) is 18.6 Å². The largest absolute Gasteiger partial charge is 0.364 e. The Kier molecular flexibility index (Phi) is 3.77. The normalized spacial score (nSPS) is 9.21. The zero-order valence-electron chi connectivity index (χ0n) is 8.10. The van der Waals surface area contributed by atoms with Gasteiger partial charge in [-0.25, -0.2) is 0 Å². The van der Waals surface area contributed by atoms with Crippen LogP contribution in [0.2, 0.25) is 0 Å².